The van der Waals surface area contributed by atoms with Crippen molar-refractivity contribution in [2.45, 2.75) is 90.9 Å². The molecule has 0 spiro atoms. The Morgan fingerprint density at radius 3 is 2.32 bits per heavy atom. The van der Waals surface area contributed by atoms with Gasteiger partial charge < -0.3 is 25.4 Å². The summed E-state index contributed by atoms with van der Waals surface area (Å²) in [5.74, 6) is 0.0104. The van der Waals surface area contributed by atoms with Crippen LogP contribution >= 0.6 is 0 Å². The van der Waals surface area contributed by atoms with Crippen molar-refractivity contribution in [2.24, 2.45) is 16.6 Å². The number of guanidine groups is 1. The van der Waals surface area contributed by atoms with Gasteiger partial charge in [0.15, 0.2) is 5.03 Å². The lowest BCUT2D eigenvalue weighted by atomic mass is 9.93. The van der Waals surface area contributed by atoms with Crippen molar-refractivity contribution in [3.8, 4) is 0 Å². The molecule has 0 aromatic heterocycles. The van der Waals surface area contributed by atoms with Crippen LogP contribution in [-0.4, -0.2) is 71.4 Å². The number of nitrogens with two attached hydrogens (primary N) is 1. The Morgan fingerprint density at radius 2 is 1.79 bits per heavy atom. The molecule has 196 valence electrons. The molecule has 12 heteroatoms. The lowest BCUT2D eigenvalue weighted by Crippen LogP contribution is -2.51. The van der Waals surface area contributed by atoms with Crippen LogP contribution in [0.1, 0.15) is 73.6 Å². The fourth-order valence-corrected chi connectivity index (χ4v) is 3.53. The molecule has 0 bridgehead atoms. The second kappa shape index (κ2) is 13.3. The van der Waals surface area contributed by atoms with E-state index in [-0.39, 0.29) is 24.0 Å². The normalized spacial score (nSPS) is 16.6. The minimum Gasteiger partial charge on any atom is -0.444 e. The smallest absolute Gasteiger partial charge is 0.408 e. The number of aliphatic imine (C=N–C) groups is 1. The highest BCUT2D eigenvalue weighted by molar-refractivity contribution is 5.85. The van der Waals surface area contributed by atoms with Crippen molar-refractivity contribution >= 4 is 18.0 Å². The number of rotatable bonds is 10. The minimum absolute atomic E-state index is 0.161. The van der Waals surface area contributed by atoms with E-state index < -0.39 is 22.8 Å². The van der Waals surface area contributed by atoms with Crippen molar-refractivity contribution in [3.05, 3.63) is 10.1 Å². The lowest BCUT2D eigenvalue weighted by molar-refractivity contribution is -0.525. The monoisotopic (exact) mass is 486 g/mol. The lowest BCUT2D eigenvalue weighted by Gasteiger charge is -2.35. The number of likely N-dealkylation sites (tertiary alicyclic amines) is 1. The number of carbonyl (C=O) groups is 2. The van der Waals surface area contributed by atoms with Gasteiger partial charge in [-0.15, -0.1) is 0 Å². The molecule has 0 aromatic rings. The minimum atomic E-state index is -0.798. The molecule has 1 rings (SSSR count). The van der Waals surface area contributed by atoms with E-state index in [9.17, 15) is 19.7 Å². The maximum Gasteiger partial charge on any atom is 0.408 e. The van der Waals surface area contributed by atoms with E-state index in [4.69, 9.17) is 15.2 Å². The van der Waals surface area contributed by atoms with Gasteiger partial charge in [-0.3, -0.25) is 4.79 Å². The summed E-state index contributed by atoms with van der Waals surface area (Å²) in [5, 5.41) is 12.3. The van der Waals surface area contributed by atoms with E-state index in [2.05, 4.69) is 10.3 Å². The predicted octanol–water partition coefficient (Wildman–Crippen LogP) is 2.20. The molecule has 1 saturated heterocycles. The first-order valence-electron chi connectivity index (χ1n) is 11.8. The van der Waals surface area contributed by atoms with E-state index >= 15 is 0 Å². The van der Waals surface area contributed by atoms with Crippen molar-refractivity contribution < 1.29 is 24.1 Å². The highest BCUT2D eigenvalue weighted by Gasteiger charge is 2.30. The zero-order valence-electron chi connectivity index (χ0n) is 21.4. The first-order valence-corrected chi connectivity index (χ1v) is 11.8. The molecule has 12 nitrogen and oxygen atoms in total. The van der Waals surface area contributed by atoms with Gasteiger partial charge in [0.2, 0.25) is 5.91 Å². The van der Waals surface area contributed by atoms with Crippen LogP contribution in [0.5, 0.6) is 0 Å². The number of amides is 2. The van der Waals surface area contributed by atoms with Crippen LogP contribution in [0.25, 0.3) is 0 Å². The van der Waals surface area contributed by atoms with Crippen molar-refractivity contribution in [1.82, 2.24) is 15.6 Å². The summed E-state index contributed by atoms with van der Waals surface area (Å²) >= 11 is 0. The molecular weight excluding hydrogens is 444 g/mol. The molecule has 1 aliphatic heterocycles. The third-order valence-electron chi connectivity index (χ3n) is 5.12. The molecule has 0 radical (unpaired) electrons. The van der Waals surface area contributed by atoms with Crippen molar-refractivity contribution in [2.75, 3.05) is 26.2 Å². The number of hydrogen-bond donors (Lipinski definition) is 3. The number of piperidine rings is 1. The van der Waals surface area contributed by atoms with Crippen LogP contribution in [0.3, 0.4) is 0 Å². The van der Waals surface area contributed by atoms with Gasteiger partial charge in [0, 0.05) is 26.2 Å². The summed E-state index contributed by atoms with van der Waals surface area (Å²) in [6.07, 6.45) is 2.74. The third kappa shape index (κ3) is 13.2. The molecule has 2 amide bonds. The first kappa shape index (κ1) is 29.4. The van der Waals surface area contributed by atoms with Crippen LogP contribution in [0.4, 0.5) is 4.79 Å². The summed E-state index contributed by atoms with van der Waals surface area (Å²) in [5.41, 5.74) is 6.32. The average molecular weight is 487 g/mol. The molecule has 0 saturated carbocycles. The molecule has 0 aliphatic carbocycles. The topological polar surface area (TPSA) is 161 Å². The van der Waals surface area contributed by atoms with Crippen LogP contribution in [0, 0.1) is 16.0 Å². The number of alkyl carbamates (subject to hydrolysis) is 1. The van der Waals surface area contributed by atoms with Gasteiger partial charge in [0.05, 0.1) is 5.60 Å². The van der Waals surface area contributed by atoms with E-state index in [0.717, 1.165) is 19.3 Å². The fraction of sp³-hybridized carbons (Fsp3) is 0.864. The second-order valence-electron chi connectivity index (χ2n) is 10.5. The molecule has 1 aliphatic rings. The molecular formula is C22H42N6O6. The second-order valence-corrected chi connectivity index (χ2v) is 10.5. The molecule has 0 unspecified atom stereocenters. The Morgan fingerprint density at radius 1 is 1.18 bits per heavy atom. The van der Waals surface area contributed by atoms with Crippen LogP contribution in [0.2, 0.25) is 0 Å². The van der Waals surface area contributed by atoms with Crippen molar-refractivity contribution in [1.29, 1.82) is 0 Å². The predicted molar refractivity (Wildman–Crippen MR) is 129 cm³/mol. The molecule has 1 heterocycles. The Labute approximate surface area is 202 Å². The van der Waals surface area contributed by atoms with Gasteiger partial charge in [-0.25, -0.2) is 19.9 Å². The number of carbonyl (C=O) groups excluding carboxylic acids is 2. The van der Waals surface area contributed by atoms with Crippen LogP contribution in [0.15, 0.2) is 4.99 Å². The Balaban J connectivity index is 2.65. The van der Waals surface area contributed by atoms with E-state index in [0.29, 0.717) is 38.5 Å². The van der Waals surface area contributed by atoms with E-state index in [1.165, 1.54) is 0 Å². The summed E-state index contributed by atoms with van der Waals surface area (Å²) < 4.78 is 11.1. The number of ether oxygens (including phenoxy) is 2. The van der Waals surface area contributed by atoms with Crippen LogP contribution in [-0.2, 0) is 14.3 Å². The first-order chi connectivity index (χ1) is 15.7. The maximum absolute atomic E-state index is 13.2. The molecule has 1 fully saturated rings. The molecule has 1 atom stereocenters. The summed E-state index contributed by atoms with van der Waals surface area (Å²) in [4.78, 5) is 41.5. The third-order valence-corrected chi connectivity index (χ3v) is 5.12. The Hall–Kier alpha value is -2.63. The fourth-order valence-electron chi connectivity index (χ4n) is 3.53. The summed E-state index contributed by atoms with van der Waals surface area (Å²) in [7, 11) is 0. The number of nitrogens with one attached hydrogen (secondary N) is 2. The molecule has 34 heavy (non-hydrogen) atoms. The van der Waals surface area contributed by atoms with Gasteiger partial charge >= 0.3 is 6.09 Å². The Kier molecular flexibility index (Phi) is 11.5. The molecule has 4 N–H and O–H groups in total. The highest BCUT2D eigenvalue weighted by atomic mass is 16.7. The standard InChI is InChI=1S/C22H42N6O6/c1-21(2,3)33-15-11-16-9-13-27(14-10-16)18(29)17(25-20(30)34-22(4,5)6)8-7-12-24-19(23)26-28(31)32/h16-17H,7-15H2,1-6H3,(H,25,30)(H3,23,24,26)/t17-/m0/s1. The van der Waals surface area contributed by atoms with Gasteiger partial charge in [0.1, 0.15) is 11.6 Å². The number of nitro groups is 1. The SMILES string of the molecule is CC(C)(C)OCCC1CCN(C(=O)[C@H](CCCN=C(N)N[N+](=O)[O-])NC(=O)OC(C)(C)C)CC1. The quantitative estimate of drug-likeness (QED) is 0.139. The molecule has 0 aromatic carbocycles. The van der Waals surface area contributed by atoms with Gasteiger partial charge in [0.25, 0.3) is 5.96 Å². The highest BCUT2D eigenvalue weighted by Crippen LogP contribution is 2.22. The van der Waals surface area contributed by atoms with Gasteiger partial charge in [-0.1, -0.05) is 5.43 Å². The largest absolute Gasteiger partial charge is 0.444 e. The zero-order valence-corrected chi connectivity index (χ0v) is 21.4. The average Bonchev–Trinajstić information content (AvgIpc) is 2.67. The maximum atomic E-state index is 13.2. The number of hydrazine groups is 1. The van der Waals surface area contributed by atoms with Crippen LogP contribution < -0.4 is 16.5 Å². The Bertz CT molecular complexity index is 708. The summed E-state index contributed by atoms with van der Waals surface area (Å²) in [6, 6.07) is -0.782. The van der Waals surface area contributed by atoms with Gasteiger partial charge in [-0.05, 0) is 79.6 Å². The number of hydrogen-bond acceptors (Lipinski definition) is 7. The van der Waals surface area contributed by atoms with Crippen molar-refractivity contribution in [3.63, 3.8) is 0 Å². The van der Waals surface area contributed by atoms with Gasteiger partial charge in [-0.2, -0.15) is 0 Å². The summed E-state index contributed by atoms with van der Waals surface area (Å²) in [6.45, 7) is 13.4. The number of nitrogens with zero attached hydrogens (tertiary/aromatic N) is 3. The zero-order chi connectivity index (χ0) is 25.9. The van der Waals surface area contributed by atoms with E-state index in [1.807, 2.05) is 20.8 Å². The van der Waals surface area contributed by atoms with E-state index in [1.54, 1.807) is 31.1 Å².